The Morgan fingerprint density at radius 1 is 0.719 bits per heavy atom. The largest absolute Gasteiger partial charge is 0.0730 e. The quantitative estimate of drug-likeness (QED) is 0.255. The van der Waals surface area contributed by atoms with Crippen LogP contribution in [0.15, 0.2) is 36.4 Å². The molecule has 0 saturated heterocycles. The Bertz CT molecular complexity index is 697. The van der Waals surface area contributed by atoms with Gasteiger partial charge in [0.25, 0.3) is 0 Å². The van der Waals surface area contributed by atoms with Crippen molar-refractivity contribution in [2.45, 2.75) is 117 Å². The van der Waals surface area contributed by atoms with Crippen molar-refractivity contribution in [2.24, 2.45) is 23.7 Å². The van der Waals surface area contributed by atoms with Crippen LogP contribution in [0.3, 0.4) is 0 Å². The van der Waals surface area contributed by atoms with Crippen molar-refractivity contribution in [3.63, 3.8) is 0 Å². The van der Waals surface area contributed by atoms with E-state index in [4.69, 9.17) is 0 Å². The summed E-state index contributed by atoms with van der Waals surface area (Å²) in [6, 6.07) is 8.77. The zero-order valence-corrected chi connectivity index (χ0v) is 21.1. The molecule has 0 aromatic heterocycles. The third kappa shape index (κ3) is 9.17. The number of unbranched alkanes of at least 4 members (excludes halogenated alkanes) is 2. The Hall–Kier alpha value is -1.48. The zero-order chi connectivity index (χ0) is 22.4. The molecule has 2 aliphatic carbocycles. The number of rotatable bonds is 10. The third-order valence-corrected chi connectivity index (χ3v) is 8.22. The summed E-state index contributed by atoms with van der Waals surface area (Å²) in [4.78, 5) is 0. The molecule has 2 fully saturated rings. The highest BCUT2D eigenvalue weighted by atomic mass is 14.3. The van der Waals surface area contributed by atoms with Crippen molar-refractivity contribution in [2.75, 3.05) is 0 Å². The van der Waals surface area contributed by atoms with Gasteiger partial charge in [-0.1, -0.05) is 115 Å². The average Bonchev–Trinajstić information content (AvgIpc) is 2.83. The average molecular weight is 433 g/mol. The summed E-state index contributed by atoms with van der Waals surface area (Å²) in [5.74, 6) is 10.4. The molecule has 0 N–H and O–H groups in total. The van der Waals surface area contributed by atoms with Gasteiger partial charge >= 0.3 is 0 Å². The maximum atomic E-state index is 3.30. The minimum atomic E-state index is 0.756. The fourth-order valence-corrected chi connectivity index (χ4v) is 5.99. The van der Waals surface area contributed by atoms with Crippen molar-refractivity contribution in [1.82, 2.24) is 0 Å². The molecule has 0 radical (unpaired) electrons. The molecule has 0 atom stereocenters. The van der Waals surface area contributed by atoms with Gasteiger partial charge in [0.2, 0.25) is 0 Å². The van der Waals surface area contributed by atoms with E-state index in [2.05, 4.69) is 62.1 Å². The number of allylic oxidation sites excluding steroid dienone is 2. The molecule has 1 aromatic rings. The summed E-state index contributed by atoms with van der Waals surface area (Å²) in [5.41, 5.74) is 2.55. The van der Waals surface area contributed by atoms with Crippen molar-refractivity contribution in [3.05, 3.63) is 47.5 Å². The van der Waals surface area contributed by atoms with Gasteiger partial charge in [0.05, 0.1) is 0 Å². The standard InChI is InChI=1S/C32H48/c1-3-5-6-10-28-17-21-31(22-18-28)25-26-32-23-19-30(20-24-32)12-8-7-11-29-15-13-27(9-4-2)14-16-29/h8,12-16,28,30-32H,3-6,9-10,17-26H2,1-2H3/b12-8+. The monoisotopic (exact) mass is 432 g/mol. The molecule has 0 spiro atoms. The van der Waals surface area contributed by atoms with Gasteiger partial charge in [-0.15, -0.1) is 0 Å². The first kappa shape index (κ1) is 25.1. The van der Waals surface area contributed by atoms with E-state index < -0.39 is 0 Å². The van der Waals surface area contributed by atoms with Gasteiger partial charge in [-0.25, -0.2) is 0 Å². The fourth-order valence-electron chi connectivity index (χ4n) is 5.99. The first-order valence-electron chi connectivity index (χ1n) is 14.0. The highest BCUT2D eigenvalue weighted by Gasteiger charge is 2.24. The van der Waals surface area contributed by atoms with Gasteiger partial charge in [-0.05, 0) is 79.5 Å². The molecule has 32 heavy (non-hydrogen) atoms. The second kappa shape index (κ2) is 14.6. The predicted molar refractivity (Wildman–Crippen MR) is 141 cm³/mol. The SMILES string of the molecule is CCCCCC1CCC(CCC2CCC(/C=C/C#Cc3ccc(CCC)cc3)CC2)CC1. The van der Waals surface area contributed by atoms with Crippen molar-refractivity contribution in [1.29, 1.82) is 0 Å². The number of benzene rings is 1. The van der Waals surface area contributed by atoms with E-state index in [9.17, 15) is 0 Å². The van der Waals surface area contributed by atoms with E-state index in [0.717, 1.165) is 35.7 Å². The molecule has 0 heterocycles. The summed E-state index contributed by atoms with van der Waals surface area (Å²) < 4.78 is 0. The number of hydrogen-bond donors (Lipinski definition) is 0. The molecule has 0 aliphatic heterocycles. The van der Waals surface area contributed by atoms with E-state index in [-0.39, 0.29) is 0 Å². The maximum Gasteiger partial charge on any atom is 0.0249 e. The Balaban J connectivity index is 1.28. The summed E-state index contributed by atoms with van der Waals surface area (Å²) in [6.07, 6.45) is 27.4. The Morgan fingerprint density at radius 3 is 1.91 bits per heavy atom. The van der Waals surface area contributed by atoms with Gasteiger partial charge in [0, 0.05) is 5.56 Å². The topological polar surface area (TPSA) is 0 Å². The fraction of sp³-hybridized carbons (Fsp3) is 0.688. The van der Waals surface area contributed by atoms with Crippen LogP contribution < -0.4 is 0 Å². The molecule has 0 nitrogen and oxygen atoms in total. The van der Waals surface area contributed by atoms with Crippen LogP contribution in [0.25, 0.3) is 0 Å². The smallest absolute Gasteiger partial charge is 0.0249 e. The maximum absolute atomic E-state index is 3.30. The van der Waals surface area contributed by atoms with Crippen LogP contribution in [0.2, 0.25) is 0 Å². The van der Waals surface area contributed by atoms with Gasteiger partial charge in [-0.2, -0.15) is 0 Å². The lowest BCUT2D eigenvalue weighted by atomic mass is 9.75. The van der Waals surface area contributed by atoms with Crippen LogP contribution in [-0.2, 0) is 6.42 Å². The highest BCUT2D eigenvalue weighted by molar-refractivity contribution is 5.38. The predicted octanol–water partition coefficient (Wildman–Crippen LogP) is 9.52. The molecule has 1 aromatic carbocycles. The molecule has 0 bridgehead atoms. The van der Waals surface area contributed by atoms with E-state index in [1.54, 1.807) is 0 Å². The van der Waals surface area contributed by atoms with Crippen LogP contribution in [0.5, 0.6) is 0 Å². The third-order valence-electron chi connectivity index (χ3n) is 8.22. The van der Waals surface area contributed by atoms with Gasteiger partial charge in [0.15, 0.2) is 0 Å². The zero-order valence-electron chi connectivity index (χ0n) is 21.1. The molecular weight excluding hydrogens is 384 g/mol. The van der Waals surface area contributed by atoms with E-state index in [1.165, 1.54) is 102 Å². The van der Waals surface area contributed by atoms with Crippen LogP contribution >= 0.6 is 0 Å². The van der Waals surface area contributed by atoms with E-state index in [0.29, 0.717) is 0 Å². The summed E-state index contributed by atoms with van der Waals surface area (Å²) in [5, 5.41) is 0. The van der Waals surface area contributed by atoms with Crippen LogP contribution in [0.4, 0.5) is 0 Å². The van der Waals surface area contributed by atoms with Crippen LogP contribution in [0, 0.1) is 35.5 Å². The Morgan fingerprint density at radius 2 is 1.31 bits per heavy atom. The van der Waals surface area contributed by atoms with Crippen molar-refractivity contribution < 1.29 is 0 Å². The van der Waals surface area contributed by atoms with Crippen LogP contribution in [-0.4, -0.2) is 0 Å². The highest BCUT2D eigenvalue weighted by Crippen LogP contribution is 2.38. The second-order valence-corrected chi connectivity index (χ2v) is 10.8. The van der Waals surface area contributed by atoms with Gasteiger partial charge in [0.1, 0.15) is 0 Å². The minimum Gasteiger partial charge on any atom is -0.0730 e. The van der Waals surface area contributed by atoms with Crippen molar-refractivity contribution in [3.8, 4) is 11.8 Å². The molecule has 0 heteroatoms. The normalized spacial score (nSPS) is 26.1. The number of hydrogen-bond acceptors (Lipinski definition) is 0. The first-order chi connectivity index (χ1) is 15.8. The lowest BCUT2D eigenvalue weighted by Crippen LogP contribution is -2.17. The number of aryl methyl sites for hydroxylation is 1. The molecule has 2 aliphatic rings. The molecule has 0 unspecified atom stereocenters. The lowest BCUT2D eigenvalue weighted by Gasteiger charge is -2.31. The molecular formula is C32H48. The molecule has 3 rings (SSSR count). The summed E-state index contributed by atoms with van der Waals surface area (Å²) >= 11 is 0. The second-order valence-electron chi connectivity index (χ2n) is 10.8. The molecule has 176 valence electrons. The van der Waals surface area contributed by atoms with Crippen LogP contribution in [0.1, 0.15) is 121 Å². The Kier molecular flexibility index (Phi) is 11.5. The Labute approximate surface area is 199 Å². The lowest BCUT2D eigenvalue weighted by molar-refractivity contribution is 0.219. The summed E-state index contributed by atoms with van der Waals surface area (Å²) in [7, 11) is 0. The van der Waals surface area contributed by atoms with Gasteiger partial charge < -0.3 is 0 Å². The first-order valence-corrected chi connectivity index (χ1v) is 14.0. The molecule has 2 saturated carbocycles. The summed E-state index contributed by atoms with van der Waals surface area (Å²) in [6.45, 7) is 4.55. The van der Waals surface area contributed by atoms with E-state index in [1.807, 2.05) is 0 Å². The molecule has 0 amide bonds. The van der Waals surface area contributed by atoms with Gasteiger partial charge in [-0.3, -0.25) is 0 Å². The van der Waals surface area contributed by atoms with E-state index >= 15 is 0 Å². The minimum absolute atomic E-state index is 0.756. The van der Waals surface area contributed by atoms with Crippen molar-refractivity contribution >= 4 is 0 Å².